The smallest absolute Gasteiger partial charge is 0.238 e. The summed E-state index contributed by atoms with van der Waals surface area (Å²) in [5, 5.41) is 6.58. The molecule has 0 N–H and O–H groups in total. The second kappa shape index (κ2) is 14.0. The lowest BCUT2D eigenvalue weighted by Crippen LogP contribution is -2.07. The molecule has 0 saturated carbocycles. The van der Waals surface area contributed by atoms with Crippen molar-refractivity contribution in [1.82, 2.24) is 24.1 Å². The molecule has 294 valence electrons. The van der Waals surface area contributed by atoms with Crippen molar-refractivity contribution in [3.8, 4) is 56.7 Å². The molecule has 0 aliphatic carbocycles. The van der Waals surface area contributed by atoms with Gasteiger partial charge in [0.2, 0.25) is 5.95 Å². The van der Waals surface area contributed by atoms with Crippen molar-refractivity contribution < 1.29 is 4.42 Å². The molecule has 0 radical (unpaired) electrons. The van der Waals surface area contributed by atoms with E-state index in [0.29, 0.717) is 17.6 Å². The van der Waals surface area contributed by atoms with E-state index in [4.69, 9.17) is 19.4 Å². The Bertz CT molecular complexity index is 3900. The van der Waals surface area contributed by atoms with Crippen molar-refractivity contribution in [3.63, 3.8) is 0 Å². The van der Waals surface area contributed by atoms with Crippen LogP contribution >= 0.6 is 0 Å². The number of para-hydroxylation sites is 4. The molecule has 6 heteroatoms. The highest BCUT2D eigenvalue weighted by molar-refractivity contribution is 6.24. The van der Waals surface area contributed by atoms with Crippen LogP contribution in [-0.2, 0) is 0 Å². The Balaban J connectivity index is 1.16. The van der Waals surface area contributed by atoms with Crippen LogP contribution in [0.1, 0.15) is 0 Å². The van der Waals surface area contributed by atoms with Crippen molar-refractivity contribution in [2.75, 3.05) is 0 Å². The van der Waals surface area contributed by atoms with Crippen LogP contribution < -0.4 is 0 Å². The number of furan rings is 1. The molecule has 0 fully saturated rings. The fourth-order valence-electron chi connectivity index (χ4n) is 9.57. The molecule has 4 heterocycles. The minimum absolute atomic E-state index is 0.519. The number of nitrogens with zero attached hydrogens (tertiary/aromatic N) is 5. The van der Waals surface area contributed by atoms with E-state index in [1.807, 2.05) is 42.5 Å². The molecule has 0 saturated heterocycles. The molecule has 0 atom stereocenters. The van der Waals surface area contributed by atoms with E-state index in [-0.39, 0.29) is 0 Å². The molecule has 0 aliphatic heterocycles. The van der Waals surface area contributed by atoms with Gasteiger partial charge in [0.25, 0.3) is 0 Å². The zero-order valence-electron chi connectivity index (χ0n) is 33.9. The molecule has 13 aromatic rings. The molecular weight excluding hydrogens is 771 g/mol. The van der Waals surface area contributed by atoms with Crippen molar-refractivity contribution in [2.45, 2.75) is 0 Å². The van der Waals surface area contributed by atoms with Crippen molar-refractivity contribution in [1.29, 1.82) is 0 Å². The van der Waals surface area contributed by atoms with Crippen LogP contribution in [0.3, 0.4) is 0 Å². The minimum atomic E-state index is 0.519. The Morgan fingerprint density at radius 1 is 0.333 bits per heavy atom. The lowest BCUT2D eigenvalue weighted by Gasteiger charge is -2.17. The summed E-state index contributed by atoms with van der Waals surface area (Å²) in [7, 11) is 0. The topological polar surface area (TPSA) is 61.7 Å². The first-order chi connectivity index (χ1) is 31.3. The summed E-state index contributed by atoms with van der Waals surface area (Å²) < 4.78 is 11.3. The molecule has 13 rings (SSSR count). The van der Waals surface area contributed by atoms with E-state index in [0.717, 1.165) is 99.1 Å². The summed E-state index contributed by atoms with van der Waals surface area (Å²) in [4.78, 5) is 16.0. The lowest BCUT2D eigenvalue weighted by atomic mass is 9.97. The maximum atomic E-state index is 6.58. The Hall–Kier alpha value is -8.61. The highest BCUT2D eigenvalue weighted by atomic mass is 16.3. The molecule has 0 unspecified atom stereocenters. The second-order valence-electron chi connectivity index (χ2n) is 16.0. The highest BCUT2D eigenvalue weighted by Crippen LogP contribution is 2.44. The van der Waals surface area contributed by atoms with Gasteiger partial charge < -0.3 is 8.98 Å². The first kappa shape index (κ1) is 35.2. The largest absolute Gasteiger partial charge is 0.455 e. The third kappa shape index (κ3) is 5.48. The van der Waals surface area contributed by atoms with E-state index < -0.39 is 0 Å². The highest BCUT2D eigenvalue weighted by Gasteiger charge is 2.25. The second-order valence-corrected chi connectivity index (χ2v) is 16.0. The van der Waals surface area contributed by atoms with E-state index in [1.54, 1.807) is 0 Å². The number of rotatable bonds is 6. The first-order valence-corrected chi connectivity index (χ1v) is 21.2. The van der Waals surface area contributed by atoms with Gasteiger partial charge >= 0.3 is 0 Å². The summed E-state index contributed by atoms with van der Waals surface area (Å²) in [6, 6.07) is 74.5. The Morgan fingerprint density at radius 2 is 0.889 bits per heavy atom. The quantitative estimate of drug-likeness (QED) is 0.168. The normalized spacial score (nSPS) is 11.8. The fraction of sp³-hybridized carbons (Fsp3) is 0. The third-order valence-corrected chi connectivity index (χ3v) is 12.4. The van der Waals surface area contributed by atoms with Crippen LogP contribution in [0.25, 0.3) is 122 Å². The van der Waals surface area contributed by atoms with Gasteiger partial charge in [-0.05, 0) is 53.1 Å². The molecule has 9 aromatic carbocycles. The fourth-order valence-corrected chi connectivity index (χ4v) is 9.57. The van der Waals surface area contributed by atoms with Crippen LogP contribution in [0.4, 0.5) is 0 Å². The van der Waals surface area contributed by atoms with Gasteiger partial charge in [0, 0.05) is 43.4 Å². The molecule has 4 aromatic heterocycles. The predicted octanol–water partition coefficient (Wildman–Crippen LogP) is 14.6. The molecule has 0 spiro atoms. The van der Waals surface area contributed by atoms with E-state index in [9.17, 15) is 0 Å². The summed E-state index contributed by atoms with van der Waals surface area (Å²) in [5.74, 6) is 1.63. The predicted molar refractivity (Wildman–Crippen MR) is 258 cm³/mol. The zero-order valence-corrected chi connectivity index (χ0v) is 33.9. The summed E-state index contributed by atoms with van der Waals surface area (Å²) in [5.41, 5.74) is 13.1. The molecular formula is C57H35N5O. The van der Waals surface area contributed by atoms with Gasteiger partial charge in [0.1, 0.15) is 11.2 Å². The standard InChI is InChI=1S/C57H35N5O/c1-4-17-36(18-5-1)39-31-34-50(47(35-39)37-19-6-2-7-20-37)61-48-28-13-10-23-40(48)43-32-33-44-41-24-11-14-29-49(41)62(53(44)52(43)61)57-59-55(38-21-8-3-9-22-38)58-56(60-57)46-27-16-26-45-42-25-12-15-30-51(42)63-54(45)46/h1-35H. The number of hydrogen-bond acceptors (Lipinski definition) is 4. The van der Waals surface area contributed by atoms with Gasteiger partial charge in [0.15, 0.2) is 11.6 Å². The minimum Gasteiger partial charge on any atom is -0.455 e. The summed E-state index contributed by atoms with van der Waals surface area (Å²) in [6.45, 7) is 0. The lowest BCUT2D eigenvalue weighted by molar-refractivity contribution is 0.669. The van der Waals surface area contributed by atoms with Crippen LogP contribution in [-0.4, -0.2) is 24.1 Å². The van der Waals surface area contributed by atoms with Crippen LogP contribution in [0.5, 0.6) is 0 Å². The molecule has 0 bridgehead atoms. The number of aromatic nitrogens is 5. The van der Waals surface area contributed by atoms with Gasteiger partial charge in [-0.15, -0.1) is 0 Å². The van der Waals surface area contributed by atoms with Gasteiger partial charge in [-0.25, -0.2) is 4.98 Å². The molecule has 0 aliphatic rings. The molecule has 6 nitrogen and oxygen atoms in total. The zero-order chi connectivity index (χ0) is 41.4. The Kier molecular flexibility index (Phi) is 7.80. The summed E-state index contributed by atoms with van der Waals surface area (Å²) >= 11 is 0. The average Bonchev–Trinajstić information content (AvgIpc) is 4.02. The van der Waals surface area contributed by atoms with Gasteiger partial charge in [-0.2, -0.15) is 9.97 Å². The van der Waals surface area contributed by atoms with Gasteiger partial charge in [-0.3, -0.25) is 4.57 Å². The SMILES string of the molecule is c1ccc(-c2ccc(-n3c4ccccc4c4ccc5c6ccccc6n(-c6nc(-c7ccccc7)nc(-c7cccc8c7oc7ccccc78)n6)c5c43)c(-c3ccccc3)c2)cc1. The van der Waals surface area contributed by atoms with Crippen LogP contribution in [0, 0.1) is 0 Å². The Labute approximate surface area is 361 Å². The van der Waals surface area contributed by atoms with Crippen molar-refractivity contribution in [2.24, 2.45) is 0 Å². The van der Waals surface area contributed by atoms with Crippen molar-refractivity contribution in [3.05, 3.63) is 212 Å². The Morgan fingerprint density at radius 3 is 1.60 bits per heavy atom. The van der Waals surface area contributed by atoms with Crippen molar-refractivity contribution >= 4 is 65.6 Å². The van der Waals surface area contributed by atoms with Crippen LogP contribution in [0.2, 0.25) is 0 Å². The maximum absolute atomic E-state index is 6.58. The van der Waals surface area contributed by atoms with Crippen LogP contribution in [0.15, 0.2) is 217 Å². The van der Waals surface area contributed by atoms with E-state index >= 15 is 0 Å². The monoisotopic (exact) mass is 805 g/mol. The average molecular weight is 806 g/mol. The third-order valence-electron chi connectivity index (χ3n) is 12.4. The maximum Gasteiger partial charge on any atom is 0.238 e. The number of benzene rings is 9. The summed E-state index contributed by atoms with van der Waals surface area (Å²) in [6.07, 6.45) is 0. The molecule has 63 heavy (non-hydrogen) atoms. The number of hydrogen-bond donors (Lipinski definition) is 0. The number of fused-ring (bicyclic) bond motifs is 10. The van der Waals surface area contributed by atoms with Gasteiger partial charge in [-0.1, -0.05) is 176 Å². The van der Waals surface area contributed by atoms with E-state index in [1.165, 1.54) is 5.56 Å². The molecule has 0 amide bonds. The van der Waals surface area contributed by atoms with Gasteiger partial charge in [0.05, 0.1) is 33.3 Å². The first-order valence-electron chi connectivity index (χ1n) is 21.2. The van der Waals surface area contributed by atoms with E-state index in [2.05, 4.69) is 179 Å².